The Balaban J connectivity index is 1.91. The lowest BCUT2D eigenvalue weighted by atomic mass is 10.1. The first-order valence-corrected chi connectivity index (χ1v) is 6.65. The molecular formula is C17H13NO4. The molecular weight excluding hydrogens is 282 g/mol. The fraction of sp³-hybridized carbons (Fsp3) is 0.0588. The van der Waals surface area contributed by atoms with Gasteiger partial charge in [0, 0.05) is 17.1 Å². The minimum Gasteiger partial charge on any atom is -0.496 e. The van der Waals surface area contributed by atoms with Crippen LogP contribution in [0.15, 0.2) is 63.8 Å². The van der Waals surface area contributed by atoms with Crippen LogP contribution in [-0.4, -0.2) is 13.0 Å². The maximum atomic E-state index is 12.3. The number of methoxy groups -OCH3 is 1. The molecule has 1 heterocycles. The molecule has 0 bridgehead atoms. The molecule has 0 aliphatic rings. The van der Waals surface area contributed by atoms with Gasteiger partial charge in [-0.15, -0.1) is 0 Å². The lowest BCUT2D eigenvalue weighted by Crippen LogP contribution is -2.13. The molecule has 0 saturated heterocycles. The average molecular weight is 295 g/mol. The number of ether oxygens (including phenoxy) is 1. The first-order chi connectivity index (χ1) is 10.7. The van der Waals surface area contributed by atoms with E-state index in [1.807, 2.05) is 0 Å². The van der Waals surface area contributed by atoms with E-state index in [4.69, 9.17) is 9.15 Å². The second-order valence-corrected chi connectivity index (χ2v) is 4.66. The minimum absolute atomic E-state index is 0.269. The Morgan fingerprint density at radius 1 is 1.09 bits per heavy atom. The predicted molar refractivity (Wildman–Crippen MR) is 83.4 cm³/mol. The van der Waals surface area contributed by atoms with Crippen molar-refractivity contribution in [1.82, 2.24) is 0 Å². The second kappa shape index (κ2) is 5.73. The highest BCUT2D eigenvalue weighted by molar-refractivity contribution is 6.06. The zero-order valence-corrected chi connectivity index (χ0v) is 11.8. The van der Waals surface area contributed by atoms with Gasteiger partial charge in [-0.1, -0.05) is 12.1 Å². The van der Waals surface area contributed by atoms with Crippen molar-refractivity contribution < 1.29 is 13.9 Å². The smallest absolute Gasteiger partial charge is 0.336 e. The summed E-state index contributed by atoms with van der Waals surface area (Å²) >= 11 is 0. The highest BCUT2D eigenvalue weighted by Crippen LogP contribution is 2.21. The number of carbonyl (C=O) groups excluding carboxylic acids is 1. The summed E-state index contributed by atoms with van der Waals surface area (Å²) in [7, 11) is 1.52. The van der Waals surface area contributed by atoms with E-state index in [9.17, 15) is 9.59 Å². The fourth-order valence-electron chi connectivity index (χ4n) is 2.18. The molecule has 22 heavy (non-hydrogen) atoms. The Hall–Kier alpha value is -3.08. The number of benzene rings is 2. The minimum atomic E-state index is -0.404. The van der Waals surface area contributed by atoms with E-state index < -0.39 is 5.63 Å². The van der Waals surface area contributed by atoms with Gasteiger partial charge >= 0.3 is 5.63 Å². The molecule has 0 aliphatic carbocycles. The maximum absolute atomic E-state index is 12.3. The van der Waals surface area contributed by atoms with Crippen LogP contribution in [0.5, 0.6) is 5.75 Å². The molecule has 0 unspecified atom stereocenters. The molecule has 0 aliphatic heterocycles. The maximum Gasteiger partial charge on any atom is 0.336 e. The number of nitrogens with one attached hydrogen (secondary N) is 1. The van der Waals surface area contributed by atoms with Crippen molar-refractivity contribution >= 4 is 22.6 Å². The van der Waals surface area contributed by atoms with Crippen LogP contribution < -0.4 is 15.7 Å². The van der Waals surface area contributed by atoms with Gasteiger partial charge < -0.3 is 14.5 Å². The van der Waals surface area contributed by atoms with Gasteiger partial charge in [0.25, 0.3) is 5.91 Å². The molecule has 0 spiro atoms. The van der Waals surface area contributed by atoms with Crippen LogP contribution in [0.1, 0.15) is 10.4 Å². The van der Waals surface area contributed by atoms with E-state index in [1.165, 1.54) is 13.2 Å². The van der Waals surface area contributed by atoms with Crippen molar-refractivity contribution in [3.05, 3.63) is 70.6 Å². The largest absolute Gasteiger partial charge is 0.496 e. The number of amides is 1. The average Bonchev–Trinajstić information content (AvgIpc) is 2.55. The molecule has 1 amide bonds. The van der Waals surface area contributed by atoms with E-state index in [-0.39, 0.29) is 5.91 Å². The van der Waals surface area contributed by atoms with Crippen LogP contribution in [0, 0.1) is 0 Å². The van der Waals surface area contributed by atoms with Crippen LogP contribution in [0.2, 0.25) is 0 Å². The number of hydrogen-bond acceptors (Lipinski definition) is 4. The van der Waals surface area contributed by atoms with Crippen molar-refractivity contribution in [3.8, 4) is 5.75 Å². The molecule has 0 saturated carbocycles. The van der Waals surface area contributed by atoms with Gasteiger partial charge in [-0.2, -0.15) is 0 Å². The van der Waals surface area contributed by atoms with Gasteiger partial charge in [0.15, 0.2) is 0 Å². The normalized spacial score (nSPS) is 10.4. The third-order valence-corrected chi connectivity index (χ3v) is 3.23. The molecule has 0 atom stereocenters. The summed E-state index contributed by atoms with van der Waals surface area (Å²) in [4.78, 5) is 23.5. The number of para-hydroxylation sites is 1. The van der Waals surface area contributed by atoms with Crippen LogP contribution in [-0.2, 0) is 0 Å². The van der Waals surface area contributed by atoms with Crippen LogP contribution >= 0.6 is 0 Å². The van der Waals surface area contributed by atoms with E-state index in [0.717, 1.165) is 5.39 Å². The van der Waals surface area contributed by atoms with Gasteiger partial charge in [0.2, 0.25) is 0 Å². The molecule has 5 nitrogen and oxygen atoms in total. The van der Waals surface area contributed by atoms with Crippen LogP contribution in [0.3, 0.4) is 0 Å². The summed E-state index contributed by atoms with van der Waals surface area (Å²) in [5.41, 5.74) is 1.13. The summed E-state index contributed by atoms with van der Waals surface area (Å²) in [6.45, 7) is 0. The zero-order valence-electron chi connectivity index (χ0n) is 11.8. The van der Waals surface area contributed by atoms with Crippen molar-refractivity contribution in [3.63, 3.8) is 0 Å². The molecule has 1 N–H and O–H groups in total. The molecule has 3 rings (SSSR count). The Labute approximate surface area is 126 Å². The molecule has 0 radical (unpaired) electrons. The molecule has 5 heteroatoms. The monoisotopic (exact) mass is 295 g/mol. The Bertz CT molecular complexity index is 898. The van der Waals surface area contributed by atoms with Crippen molar-refractivity contribution in [2.45, 2.75) is 0 Å². The van der Waals surface area contributed by atoms with Gasteiger partial charge in [0.05, 0.1) is 12.7 Å². The number of anilines is 1. The van der Waals surface area contributed by atoms with Crippen LogP contribution in [0.4, 0.5) is 5.69 Å². The summed E-state index contributed by atoms with van der Waals surface area (Å²) < 4.78 is 10.2. The predicted octanol–water partition coefficient (Wildman–Crippen LogP) is 3.05. The van der Waals surface area contributed by atoms with Gasteiger partial charge in [0.1, 0.15) is 11.3 Å². The SMILES string of the molecule is COc1ccccc1C(=O)Nc1ccc2oc(=O)ccc2c1. The van der Waals surface area contributed by atoms with Crippen molar-refractivity contribution in [1.29, 1.82) is 0 Å². The molecule has 110 valence electrons. The Morgan fingerprint density at radius 2 is 1.91 bits per heavy atom. The van der Waals surface area contributed by atoms with E-state index in [0.29, 0.717) is 22.6 Å². The standard InChI is InChI=1S/C17H13NO4/c1-21-15-5-3-2-4-13(15)17(20)18-12-7-8-14-11(10-12)6-9-16(19)22-14/h2-10H,1H3,(H,18,20). The molecule has 2 aromatic carbocycles. The molecule has 1 aromatic heterocycles. The van der Waals surface area contributed by atoms with Gasteiger partial charge in [-0.3, -0.25) is 4.79 Å². The van der Waals surface area contributed by atoms with Gasteiger partial charge in [-0.25, -0.2) is 4.79 Å². The number of hydrogen-bond donors (Lipinski definition) is 1. The first-order valence-electron chi connectivity index (χ1n) is 6.65. The summed E-state index contributed by atoms with van der Waals surface area (Å²) in [6, 6.07) is 15.0. The summed E-state index contributed by atoms with van der Waals surface area (Å²) in [5, 5.41) is 3.53. The lowest BCUT2D eigenvalue weighted by Gasteiger charge is -2.09. The molecule has 3 aromatic rings. The fourth-order valence-corrected chi connectivity index (χ4v) is 2.18. The summed E-state index contributed by atoms with van der Waals surface area (Å²) in [5.74, 6) is 0.237. The number of rotatable bonds is 3. The Morgan fingerprint density at radius 3 is 2.73 bits per heavy atom. The number of fused-ring (bicyclic) bond motifs is 1. The first kappa shape index (κ1) is 13.9. The van der Waals surface area contributed by atoms with E-state index in [1.54, 1.807) is 48.5 Å². The third kappa shape index (κ3) is 2.69. The quantitative estimate of drug-likeness (QED) is 0.754. The third-order valence-electron chi connectivity index (χ3n) is 3.23. The zero-order chi connectivity index (χ0) is 15.5. The molecule has 0 fully saturated rings. The highest BCUT2D eigenvalue weighted by Gasteiger charge is 2.11. The second-order valence-electron chi connectivity index (χ2n) is 4.66. The van der Waals surface area contributed by atoms with Crippen molar-refractivity contribution in [2.75, 3.05) is 12.4 Å². The topological polar surface area (TPSA) is 68.5 Å². The summed E-state index contributed by atoms with van der Waals surface area (Å²) in [6.07, 6.45) is 0. The van der Waals surface area contributed by atoms with Gasteiger partial charge in [-0.05, 0) is 36.4 Å². The lowest BCUT2D eigenvalue weighted by molar-refractivity contribution is 0.102. The van der Waals surface area contributed by atoms with E-state index >= 15 is 0 Å². The number of carbonyl (C=O) groups is 1. The highest BCUT2D eigenvalue weighted by atomic mass is 16.5. The van der Waals surface area contributed by atoms with Crippen LogP contribution in [0.25, 0.3) is 11.0 Å². The van der Waals surface area contributed by atoms with E-state index in [2.05, 4.69) is 5.32 Å². The Kier molecular flexibility index (Phi) is 3.62. The van der Waals surface area contributed by atoms with Crippen molar-refractivity contribution in [2.24, 2.45) is 0 Å².